The van der Waals surface area contributed by atoms with Gasteiger partial charge in [0.15, 0.2) is 0 Å². The van der Waals surface area contributed by atoms with Crippen molar-refractivity contribution in [3.63, 3.8) is 0 Å². The summed E-state index contributed by atoms with van der Waals surface area (Å²) in [6.45, 7) is 6.33. The van der Waals surface area contributed by atoms with Crippen molar-refractivity contribution in [2.75, 3.05) is 20.1 Å². The number of hydrogen-bond acceptors (Lipinski definition) is 1. The molecule has 0 saturated carbocycles. The molecule has 1 nitrogen and oxygen atoms in total. The highest BCUT2D eigenvalue weighted by Gasteiger charge is 2.12. The summed E-state index contributed by atoms with van der Waals surface area (Å²) in [4.78, 5) is 2.38. The molecule has 0 spiro atoms. The minimum absolute atomic E-state index is 1.09. The molecule has 14 heavy (non-hydrogen) atoms. The van der Waals surface area contributed by atoms with Crippen molar-refractivity contribution in [2.24, 2.45) is 0 Å². The summed E-state index contributed by atoms with van der Waals surface area (Å²) < 4.78 is 0. The normalized spacial score (nSPS) is 21.1. The van der Waals surface area contributed by atoms with E-state index in [1.54, 1.807) is 5.57 Å². The van der Waals surface area contributed by atoms with Crippen LogP contribution >= 0.6 is 0 Å². The van der Waals surface area contributed by atoms with Gasteiger partial charge in [0.25, 0.3) is 0 Å². The van der Waals surface area contributed by atoms with Gasteiger partial charge in [-0.2, -0.15) is 0 Å². The fourth-order valence-electron chi connectivity index (χ4n) is 1.79. The average molecular weight is 191 g/mol. The van der Waals surface area contributed by atoms with Crippen LogP contribution in [0.5, 0.6) is 0 Å². The molecule has 0 bridgehead atoms. The van der Waals surface area contributed by atoms with Crippen LogP contribution in [0.3, 0.4) is 0 Å². The van der Waals surface area contributed by atoms with Gasteiger partial charge < -0.3 is 4.90 Å². The lowest BCUT2D eigenvalue weighted by atomic mass is 10.0. The monoisotopic (exact) mass is 191 g/mol. The Balaban J connectivity index is 0.000000461. The molecule has 0 atom stereocenters. The van der Waals surface area contributed by atoms with E-state index in [0.717, 1.165) is 13.0 Å². The van der Waals surface area contributed by atoms with Gasteiger partial charge in [-0.15, -0.1) is 0 Å². The molecule has 1 heteroatoms. The van der Waals surface area contributed by atoms with Crippen molar-refractivity contribution < 1.29 is 0 Å². The van der Waals surface area contributed by atoms with Gasteiger partial charge in [-0.05, 0) is 31.0 Å². The lowest BCUT2D eigenvalue weighted by molar-refractivity contribution is 0.354. The predicted octanol–water partition coefficient (Wildman–Crippen LogP) is 3.16. The summed E-state index contributed by atoms with van der Waals surface area (Å²) in [5, 5.41) is 0. The standard InChI is InChI=1S/C11H15N.C2H6/c1-12-8-7-10-5-3-2-4-6-11(10)9-12;1-2/h3-6H,2,7-9H2,1H3;1-2H3. The molecule has 1 aliphatic carbocycles. The summed E-state index contributed by atoms with van der Waals surface area (Å²) >= 11 is 0. The van der Waals surface area contributed by atoms with E-state index in [9.17, 15) is 0 Å². The summed E-state index contributed by atoms with van der Waals surface area (Å²) in [6, 6.07) is 0. The second-order valence-electron chi connectivity index (χ2n) is 3.58. The Morgan fingerprint density at radius 1 is 1.07 bits per heavy atom. The number of hydrogen-bond donors (Lipinski definition) is 0. The molecule has 1 aliphatic heterocycles. The van der Waals surface area contributed by atoms with Gasteiger partial charge in [0.1, 0.15) is 0 Å². The first-order valence-electron chi connectivity index (χ1n) is 5.60. The van der Waals surface area contributed by atoms with E-state index in [-0.39, 0.29) is 0 Å². The zero-order valence-corrected chi connectivity index (χ0v) is 9.59. The zero-order valence-electron chi connectivity index (χ0n) is 9.59. The van der Waals surface area contributed by atoms with Crippen LogP contribution in [0.2, 0.25) is 0 Å². The van der Waals surface area contributed by atoms with Gasteiger partial charge in [0.05, 0.1) is 0 Å². The minimum atomic E-state index is 1.09. The van der Waals surface area contributed by atoms with E-state index < -0.39 is 0 Å². The highest BCUT2D eigenvalue weighted by Crippen LogP contribution is 2.21. The second kappa shape index (κ2) is 5.82. The van der Waals surface area contributed by atoms with Crippen molar-refractivity contribution in [2.45, 2.75) is 26.7 Å². The van der Waals surface area contributed by atoms with Gasteiger partial charge in [-0.25, -0.2) is 0 Å². The third-order valence-corrected chi connectivity index (χ3v) is 2.53. The molecular weight excluding hydrogens is 170 g/mol. The van der Waals surface area contributed by atoms with Gasteiger partial charge in [-0.1, -0.05) is 38.2 Å². The van der Waals surface area contributed by atoms with E-state index in [1.807, 2.05) is 13.8 Å². The quantitative estimate of drug-likeness (QED) is 0.568. The highest BCUT2D eigenvalue weighted by atomic mass is 15.1. The summed E-state index contributed by atoms with van der Waals surface area (Å²) in [5.74, 6) is 0. The third kappa shape index (κ3) is 2.85. The predicted molar refractivity (Wildman–Crippen MR) is 63.4 cm³/mol. The average Bonchev–Trinajstić information content (AvgIpc) is 2.45. The maximum atomic E-state index is 2.38. The molecule has 0 N–H and O–H groups in total. The second-order valence-corrected chi connectivity index (χ2v) is 3.58. The van der Waals surface area contributed by atoms with Gasteiger partial charge in [0, 0.05) is 13.1 Å². The van der Waals surface area contributed by atoms with Crippen LogP contribution in [0.15, 0.2) is 35.5 Å². The minimum Gasteiger partial charge on any atom is -0.302 e. The molecule has 0 aromatic heterocycles. The fraction of sp³-hybridized carbons (Fsp3) is 0.538. The SMILES string of the molecule is CC.CN1CCC2=C(C=CCC=C2)C1. The zero-order chi connectivity index (χ0) is 10.4. The topological polar surface area (TPSA) is 3.24 Å². The first-order chi connectivity index (χ1) is 6.86. The Kier molecular flexibility index (Phi) is 4.68. The number of rotatable bonds is 0. The molecule has 1 heterocycles. The number of nitrogens with zero attached hydrogens (tertiary/aromatic N) is 1. The molecule has 0 radical (unpaired) electrons. The van der Waals surface area contributed by atoms with Crippen LogP contribution in [-0.2, 0) is 0 Å². The molecule has 78 valence electrons. The molecule has 0 amide bonds. The van der Waals surface area contributed by atoms with E-state index >= 15 is 0 Å². The van der Waals surface area contributed by atoms with Gasteiger partial charge >= 0.3 is 0 Å². The van der Waals surface area contributed by atoms with E-state index in [0.29, 0.717) is 0 Å². The van der Waals surface area contributed by atoms with Crippen molar-refractivity contribution in [3.05, 3.63) is 35.5 Å². The highest BCUT2D eigenvalue weighted by molar-refractivity contribution is 5.38. The van der Waals surface area contributed by atoms with Crippen molar-refractivity contribution in [1.82, 2.24) is 4.90 Å². The van der Waals surface area contributed by atoms with Gasteiger partial charge in [-0.3, -0.25) is 0 Å². The molecule has 0 aromatic rings. The Labute approximate surface area is 87.8 Å². The summed E-state index contributed by atoms with van der Waals surface area (Å²) in [5.41, 5.74) is 3.05. The van der Waals surface area contributed by atoms with Crippen molar-refractivity contribution in [1.29, 1.82) is 0 Å². The van der Waals surface area contributed by atoms with Crippen molar-refractivity contribution in [3.8, 4) is 0 Å². The Hall–Kier alpha value is -0.820. The Bertz CT molecular complexity index is 258. The Morgan fingerprint density at radius 3 is 2.43 bits per heavy atom. The van der Waals surface area contributed by atoms with E-state index in [1.165, 1.54) is 18.5 Å². The molecule has 2 aliphatic rings. The van der Waals surface area contributed by atoms with Crippen LogP contribution in [-0.4, -0.2) is 25.0 Å². The van der Waals surface area contributed by atoms with Crippen LogP contribution in [0, 0.1) is 0 Å². The summed E-state index contributed by atoms with van der Waals surface area (Å²) in [6.07, 6.45) is 11.4. The smallest absolute Gasteiger partial charge is 0.0233 e. The first kappa shape index (κ1) is 11.3. The van der Waals surface area contributed by atoms with Crippen LogP contribution in [0.1, 0.15) is 26.7 Å². The maximum Gasteiger partial charge on any atom is 0.0233 e. The summed E-state index contributed by atoms with van der Waals surface area (Å²) in [7, 11) is 2.19. The molecule has 0 fully saturated rings. The lowest BCUT2D eigenvalue weighted by Crippen LogP contribution is -2.26. The molecule has 2 rings (SSSR count). The maximum absolute atomic E-state index is 2.38. The van der Waals surface area contributed by atoms with Crippen LogP contribution < -0.4 is 0 Å². The Morgan fingerprint density at radius 2 is 1.71 bits per heavy atom. The third-order valence-electron chi connectivity index (χ3n) is 2.53. The molecule has 0 unspecified atom stereocenters. The number of allylic oxidation sites excluding steroid dienone is 3. The van der Waals surface area contributed by atoms with Crippen molar-refractivity contribution >= 4 is 0 Å². The van der Waals surface area contributed by atoms with Crippen LogP contribution in [0.25, 0.3) is 0 Å². The fourth-order valence-corrected chi connectivity index (χ4v) is 1.79. The first-order valence-corrected chi connectivity index (χ1v) is 5.60. The molecule has 0 aromatic carbocycles. The lowest BCUT2D eigenvalue weighted by Gasteiger charge is -2.24. The van der Waals surface area contributed by atoms with E-state index in [4.69, 9.17) is 0 Å². The number of likely N-dealkylation sites (N-methyl/N-ethyl adjacent to an activating group) is 1. The molecule has 0 saturated heterocycles. The largest absolute Gasteiger partial charge is 0.302 e. The van der Waals surface area contributed by atoms with Gasteiger partial charge in [0.2, 0.25) is 0 Å². The van der Waals surface area contributed by atoms with E-state index in [2.05, 4.69) is 36.3 Å². The van der Waals surface area contributed by atoms with Crippen LogP contribution in [0.4, 0.5) is 0 Å². The molecular formula is C13H21N.